The molecule has 0 aliphatic carbocycles. The van der Waals surface area contributed by atoms with Gasteiger partial charge >= 0.3 is 0 Å². The first-order chi connectivity index (χ1) is 11.9. The molecule has 3 aliphatic rings. The van der Waals surface area contributed by atoms with Gasteiger partial charge in [-0.3, -0.25) is 0 Å². The van der Waals surface area contributed by atoms with Crippen LogP contribution in [-0.2, 0) is 14.2 Å². The van der Waals surface area contributed by atoms with Crippen molar-refractivity contribution in [3.63, 3.8) is 0 Å². The molecule has 0 aromatic carbocycles. The Labute approximate surface area is 167 Å². The van der Waals surface area contributed by atoms with Crippen molar-refractivity contribution < 1.29 is 14.2 Å². The smallest absolute Gasteiger partial charge is 0.0593 e. The van der Waals surface area contributed by atoms with E-state index in [0.717, 1.165) is 72.6 Å². The molecule has 3 fully saturated rings. The predicted octanol–water partition coefficient (Wildman–Crippen LogP) is 3.22. The Morgan fingerprint density at radius 2 is 1.33 bits per heavy atom. The van der Waals surface area contributed by atoms with Gasteiger partial charge in [0.05, 0.1) is 39.6 Å². The molecule has 0 spiro atoms. The maximum absolute atomic E-state index is 5.91. The van der Waals surface area contributed by atoms with Crippen LogP contribution in [0.3, 0.4) is 0 Å². The fraction of sp³-hybridized carbons (Fsp3) is 1.00. The third-order valence-corrected chi connectivity index (χ3v) is 8.98. The second-order valence-corrected chi connectivity index (χ2v) is 12.7. The van der Waals surface area contributed by atoms with Gasteiger partial charge in [0.1, 0.15) is 0 Å². The van der Waals surface area contributed by atoms with Gasteiger partial charge < -0.3 is 14.2 Å². The van der Waals surface area contributed by atoms with E-state index in [4.69, 9.17) is 14.2 Å². The molecule has 140 valence electrons. The van der Waals surface area contributed by atoms with Crippen LogP contribution < -0.4 is 0 Å². The molecule has 0 aromatic heterocycles. The summed E-state index contributed by atoms with van der Waals surface area (Å²) in [6.07, 6.45) is 0. The molecule has 3 heterocycles. The number of hydrogen-bond acceptors (Lipinski definition) is 8. The molecule has 4 atom stereocenters. The van der Waals surface area contributed by atoms with Crippen LogP contribution >= 0.6 is 58.8 Å². The molecular weight excluding hydrogens is 401 g/mol. The Bertz CT molecular complexity index is 338. The van der Waals surface area contributed by atoms with Crippen LogP contribution in [0.25, 0.3) is 0 Å². The SMILES string of the molecule is C(CSCC(COCC1CS1)SCCOCC1CS1)OCC1CS1. The molecule has 3 saturated heterocycles. The van der Waals surface area contributed by atoms with E-state index in [1.54, 1.807) is 0 Å². The maximum atomic E-state index is 5.91. The van der Waals surface area contributed by atoms with E-state index in [1.807, 2.05) is 58.8 Å². The van der Waals surface area contributed by atoms with Gasteiger partial charge in [-0.05, 0) is 0 Å². The molecule has 0 N–H and O–H groups in total. The Morgan fingerprint density at radius 1 is 0.792 bits per heavy atom. The van der Waals surface area contributed by atoms with Crippen molar-refractivity contribution in [2.45, 2.75) is 21.0 Å². The van der Waals surface area contributed by atoms with Crippen molar-refractivity contribution in [1.82, 2.24) is 0 Å². The van der Waals surface area contributed by atoms with Crippen LogP contribution in [-0.4, -0.2) is 95.2 Å². The minimum atomic E-state index is 0.580. The Balaban J connectivity index is 1.18. The first-order valence-corrected chi connectivity index (χ1v) is 14.0. The lowest BCUT2D eigenvalue weighted by Crippen LogP contribution is -2.19. The predicted molar refractivity (Wildman–Crippen MR) is 115 cm³/mol. The molecule has 0 saturated carbocycles. The fourth-order valence-electron chi connectivity index (χ4n) is 2.00. The normalized spacial score (nSPS) is 28.8. The summed E-state index contributed by atoms with van der Waals surface area (Å²) >= 11 is 10.0. The van der Waals surface area contributed by atoms with Gasteiger partial charge in [-0.2, -0.15) is 58.8 Å². The lowest BCUT2D eigenvalue weighted by Gasteiger charge is -2.16. The zero-order valence-electron chi connectivity index (χ0n) is 14.1. The first kappa shape index (κ1) is 20.4. The lowest BCUT2D eigenvalue weighted by atomic mass is 10.5. The van der Waals surface area contributed by atoms with Gasteiger partial charge in [0, 0.05) is 55.5 Å². The maximum Gasteiger partial charge on any atom is 0.0593 e. The summed E-state index contributed by atoms with van der Waals surface area (Å²) in [5.74, 6) is 7.21. The summed E-state index contributed by atoms with van der Waals surface area (Å²) in [6.45, 7) is 5.47. The van der Waals surface area contributed by atoms with Crippen molar-refractivity contribution in [2.24, 2.45) is 0 Å². The van der Waals surface area contributed by atoms with Gasteiger partial charge in [-0.1, -0.05) is 0 Å². The van der Waals surface area contributed by atoms with Crippen molar-refractivity contribution >= 4 is 58.8 Å². The standard InChI is InChI=1S/C16H28O3S5/c1(17-5-14-10-22-14)3-20-9-13(7-19-8-16-12-24-16)21-4-2-18-6-15-11-23-15/h13-16H,1-12H2. The second kappa shape index (κ2) is 12.2. The van der Waals surface area contributed by atoms with Gasteiger partial charge in [-0.25, -0.2) is 0 Å². The third-order valence-electron chi connectivity index (χ3n) is 3.68. The molecule has 3 aliphatic heterocycles. The molecule has 24 heavy (non-hydrogen) atoms. The molecule has 8 heteroatoms. The molecule has 4 unspecified atom stereocenters. The van der Waals surface area contributed by atoms with Gasteiger partial charge in [-0.15, -0.1) is 0 Å². The topological polar surface area (TPSA) is 27.7 Å². The second-order valence-electron chi connectivity index (χ2n) is 6.12. The highest BCUT2D eigenvalue weighted by Crippen LogP contribution is 2.31. The molecule has 3 rings (SSSR count). The Kier molecular flexibility index (Phi) is 10.3. The summed E-state index contributed by atoms with van der Waals surface area (Å²) in [5, 5.41) is 2.93. The zero-order chi connectivity index (χ0) is 16.5. The zero-order valence-corrected chi connectivity index (χ0v) is 18.1. The number of ether oxygens (including phenoxy) is 3. The minimum absolute atomic E-state index is 0.580. The van der Waals surface area contributed by atoms with E-state index in [2.05, 4.69) is 0 Å². The minimum Gasteiger partial charge on any atom is -0.379 e. The summed E-state index contributed by atoms with van der Waals surface area (Å²) in [6, 6.07) is 0. The van der Waals surface area contributed by atoms with Crippen LogP contribution in [0.1, 0.15) is 0 Å². The third kappa shape index (κ3) is 10.7. The van der Waals surface area contributed by atoms with Crippen LogP contribution in [0.4, 0.5) is 0 Å². The molecule has 0 bridgehead atoms. The lowest BCUT2D eigenvalue weighted by molar-refractivity contribution is 0.145. The van der Waals surface area contributed by atoms with Crippen LogP contribution in [0.15, 0.2) is 0 Å². The van der Waals surface area contributed by atoms with Gasteiger partial charge in [0.25, 0.3) is 0 Å². The van der Waals surface area contributed by atoms with E-state index in [1.165, 1.54) is 17.3 Å². The van der Waals surface area contributed by atoms with E-state index in [0.29, 0.717) is 5.25 Å². The van der Waals surface area contributed by atoms with E-state index < -0.39 is 0 Å². The summed E-state index contributed by atoms with van der Waals surface area (Å²) in [7, 11) is 0. The Hall–Kier alpha value is 1.63. The number of thioether (sulfide) groups is 5. The molecular formula is C16H28O3S5. The summed E-state index contributed by atoms with van der Waals surface area (Å²) < 4.78 is 17.3. The van der Waals surface area contributed by atoms with Crippen LogP contribution in [0.2, 0.25) is 0 Å². The summed E-state index contributed by atoms with van der Waals surface area (Å²) in [5.41, 5.74) is 0. The van der Waals surface area contributed by atoms with E-state index in [-0.39, 0.29) is 0 Å². The fourth-order valence-corrected chi connectivity index (χ4v) is 5.45. The summed E-state index contributed by atoms with van der Waals surface area (Å²) in [4.78, 5) is 0. The molecule has 0 amide bonds. The van der Waals surface area contributed by atoms with Crippen molar-refractivity contribution in [3.8, 4) is 0 Å². The monoisotopic (exact) mass is 428 g/mol. The van der Waals surface area contributed by atoms with Gasteiger partial charge in [0.2, 0.25) is 0 Å². The molecule has 3 nitrogen and oxygen atoms in total. The van der Waals surface area contributed by atoms with E-state index >= 15 is 0 Å². The van der Waals surface area contributed by atoms with Crippen molar-refractivity contribution in [2.75, 3.05) is 74.2 Å². The Morgan fingerprint density at radius 3 is 1.92 bits per heavy atom. The quantitative estimate of drug-likeness (QED) is 0.258. The van der Waals surface area contributed by atoms with Crippen LogP contribution in [0, 0.1) is 0 Å². The molecule has 0 aromatic rings. The average molecular weight is 429 g/mol. The molecule has 0 radical (unpaired) electrons. The average Bonchev–Trinajstić information content (AvgIpc) is 3.44. The first-order valence-electron chi connectivity index (χ1n) is 8.67. The highest BCUT2D eigenvalue weighted by atomic mass is 32.2. The number of hydrogen-bond donors (Lipinski definition) is 0. The van der Waals surface area contributed by atoms with Crippen molar-refractivity contribution in [3.05, 3.63) is 0 Å². The highest BCUT2D eigenvalue weighted by molar-refractivity contribution is 8.07. The number of rotatable bonds is 17. The van der Waals surface area contributed by atoms with Gasteiger partial charge in [0.15, 0.2) is 0 Å². The van der Waals surface area contributed by atoms with Crippen molar-refractivity contribution in [1.29, 1.82) is 0 Å². The highest BCUT2D eigenvalue weighted by Gasteiger charge is 2.24. The van der Waals surface area contributed by atoms with E-state index in [9.17, 15) is 0 Å². The largest absolute Gasteiger partial charge is 0.379 e. The van der Waals surface area contributed by atoms with Crippen LogP contribution in [0.5, 0.6) is 0 Å².